The van der Waals surface area contributed by atoms with Crippen molar-refractivity contribution in [1.29, 1.82) is 0 Å². The largest absolute Gasteiger partial charge is 0.396 e. The minimum absolute atomic E-state index is 0.0338. The predicted octanol–water partition coefficient (Wildman–Crippen LogP) is 2.42. The molecule has 4 nitrogen and oxygen atoms in total. The highest BCUT2D eigenvalue weighted by Gasteiger charge is 2.22. The molecule has 0 spiro atoms. The first-order valence-corrected chi connectivity index (χ1v) is 7.73. The van der Waals surface area contributed by atoms with Crippen LogP contribution in [0.1, 0.15) is 17.7 Å². The van der Waals surface area contributed by atoms with Crippen molar-refractivity contribution >= 4 is 33.3 Å². The first kappa shape index (κ1) is 13.8. The van der Waals surface area contributed by atoms with Crippen LogP contribution in [0.3, 0.4) is 0 Å². The molecule has 1 aromatic heterocycles. The number of halogens is 1. The number of aliphatic hydroxyl groups is 1. The summed E-state index contributed by atoms with van der Waals surface area (Å²) in [6.45, 7) is 2.17. The van der Waals surface area contributed by atoms with Crippen LogP contribution in [0.4, 0.5) is 4.79 Å². The Morgan fingerprint density at radius 2 is 2.50 bits per heavy atom. The van der Waals surface area contributed by atoms with E-state index in [9.17, 15) is 4.79 Å². The number of likely N-dealkylation sites (tertiary alicyclic amines) is 1. The molecule has 0 saturated carbocycles. The van der Waals surface area contributed by atoms with Gasteiger partial charge in [0.15, 0.2) is 0 Å². The summed E-state index contributed by atoms with van der Waals surface area (Å²) in [6, 6.07) is 1.95. The third kappa shape index (κ3) is 3.46. The van der Waals surface area contributed by atoms with Crippen molar-refractivity contribution in [2.75, 3.05) is 19.7 Å². The first-order chi connectivity index (χ1) is 8.70. The van der Waals surface area contributed by atoms with Crippen LogP contribution in [0, 0.1) is 5.92 Å². The number of piperidine rings is 1. The zero-order valence-electron chi connectivity index (χ0n) is 10.1. The molecule has 1 aromatic rings. The molecule has 1 saturated heterocycles. The average Bonchev–Trinajstić information content (AvgIpc) is 2.81. The molecule has 0 aromatic carbocycles. The van der Waals surface area contributed by atoms with Gasteiger partial charge in [0, 0.05) is 29.0 Å². The van der Waals surface area contributed by atoms with Crippen LogP contribution in [0.5, 0.6) is 0 Å². The molecule has 6 heteroatoms. The van der Waals surface area contributed by atoms with Gasteiger partial charge in [-0.1, -0.05) is 0 Å². The van der Waals surface area contributed by atoms with Crippen LogP contribution in [-0.4, -0.2) is 35.7 Å². The minimum Gasteiger partial charge on any atom is -0.396 e. The maximum Gasteiger partial charge on any atom is 0.317 e. The summed E-state index contributed by atoms with van der Waals surface area (Å²) < 4.78 is 1.04. The highest BCUT2D eigenvalue weighted by molar-refractivity contribution is 9.10. The van der Waals surface area contributed by atoms with Crippen molar-refractivity contribution in [2.45, 2.75) is 19.4 Å². The summed E-state index contributed by atoms with van der Waals surface area (Å²) in [6.07, 6.45) is 1.98. The molecule has 2 N–H and O–H groups in total. The van der Waals surface area contributed by atoms with Gasteiger partial charge >= 0.3 is 6.03 Å². The van der Waals surface area contributed by atoms with Gasteiger partial charge in [0.2, 0.25) is 0 Å². The van der Waals surface area contributed by atoms with Gasteiger partial charge < -0.3 is 15.3 Å². The van der Waals surface area contributed by atoms with Gasteiger partial charge in [0.05, 0.1) is 6.54 Å². The molecule has 1 unspecified atom stereocenters. The number of carbonyl (C=O) groups is 1. The Hall–Kier alpha value is -0.590. The first-order valence-electron chi connectivity index (χ1n) is 6.06. The van der Waals surface area contributed by atoms with Gasteiger partial charge in [-0.3, -0.25) is 0 Å². The van der Waals surface area contributed by atoms with E-state index < -0.39 is 0 Å². The monoisotopic (exact) mass is 332 g/mol. The average molecular weight is 333 g/mol. The summed E-state index contributed by atoms with van der Waals surface area (Å²) in [7, 11) is 0. The number of amides is 2. The maximum absolute atomic E-state index is 12.0. The molecule has 2 rings (SSSR count). The summed E-state index contributed by atoms with van der Waals surface area (Å²) in [5, 5.41) is 14.1. The van der Waals surface area contributed by atoms with Crippen LogP contribution in [0.25, 0.3) is 0 Å². The molecule has 2 amide bonds. The van der Waals surface area contributed by atoms with Crippen molar-refractivity contribution in [2.24, 2.45) is 5.92 Å². The zero-order chi connectivity index (χ0) is 13.0. The molecular formula is C12H17BrN2O2S. The fraction of sp³-hybridized carbons (Fsp3) is 0.583. The summed E-state index contributed by atoms with van der Waals surface area (Å²) in [5.74, 6) is 0.234. The van der Waals surface area contributed by atoms with Gasteiger partial charge in [-0.25, -0.2) is 4.79 Å². The second kappa shape index (κ2) is 6.54. The van der Waals surface area contributed by atoms with E-state index in [2.05, 4.69) is 21.2 Å². The Labute approximate surface area is 119 Å². The number of urea groups is 1. The molecule has 100 valence electrons. The lowest BCUT2D eigenvalue weighted by molar-refractivity contribution is 0.129. The van der Waals surface area contributed by atoms with Gasteiger partial charge in [-0.15, -0.1) is 11.3 Å². The van der Waals surface area contributed by atoms with E-state index in [0.717, 1.165) is 28.7 Å². The Kier molecular flexibility index (Phi) is 5.03. The highest BCUT2D eigenvalue weighted by Crippen LogP contribution is 2.22. The van der Waals surface area contributed by atoms with E-state index in [0.29, 0.717) is 13.1 Å². The molecular weight excluding hydrogens is 316 g/mol. The topological polar surface area (TPSA) is 52.6 Å². The molecule has 18 heavy (non-hydrogen) atoms. The molecule has 1 aliphatic heterocycles. The third-order valence-electron chi connectivity index (χ3n) is 3.16. The summed E-state index contributed by atoms with van der Waals surface area (Å²) >= 11 is 5.07. The number of nitrogens with one attached hydrogen (secondary N) is 1. The van der Waals surface area contributed by atoms with Crippen molar-refractivity contribution in [1.82, 2.24) is 10.2 Å². The second-order valence-electron chi connectivity index (χ2n) is 4.49. The van der Waals surface area contributed by atoms with Gasteiger partial charge in [-0.2, -0.15) is 0 Å². The molecule has 0 aliphatic carbocycles. The summed E-state index contributed by atoms with van der Waals surface area (Å²) in [4.78, 5) is 14.9. The quantitative estimate of drug-likeness (QED) is 0.893. The van der Waals surface area contributed by atoms with Crippen LogP contribution in [0.2, 0.25) is 0 Å². The molecule has 0 bridgehead atoms. The Balaban J connectivity index is 1.82. The van der Waals surface area contributed by atoms with Crippen molar-refractivity contribution < 1.29 is 9.90 Å². The molecule has 1 atom stereocenters. The second-order valence-corrected chi connectivity index (χ2v) is 6.34. The molecule has 0 radical (unpaired) electrons. The minimum atomic E-state index is -0.0338. The number of nitrogens with zero attached hydrogens (tertiary/aromatic N) is 1. The van der Waals surface area contributed by atoms with Crippen LogP contribution < -0.4 is 5.32 Å². The molecule has 1 fully saturated rings. The van der Waals surface area contributed by atoms with Crippen molar-refractivity contribution in [3.05, 3.63) is 20.8 Å². The van der Waals surface area contributed by atoms with Gasteiger partial charge in [0.25, 0.3) is 0 Å². The van der Waals surface area contributed by atoms with E-state index in [4.69, 9.17) is 5.11 Å². The lowest BCUT2D eigenvalue weighted by Gasteiger charge is -2.31. The Morgan fingerprint density at radius 3 is 3.17 bits per heavy atom. The number of carbonyl (C=O) groups excluding carboxylic acids is 1. The third-order valence-corrected chi connectivity index (χ3v) is 5.08. The number of rotatable bonds is 3. The normalized spacial score (nSPS) is 19.9. The van der Waals surface area contributed by atoms with Crippen molar-refractivity contribution in [3.8, 4) is 0 Å². The van der Waals surface area contributed by atoms with Crippen LogP contribution in [0.15, 0.2) is 15.9 Å². The highest BCUT2D eigenvalue weighted by atomic mass is 79.9. The van der Waals surface area contributed by atoms with Gasteiger partial charge in [-0.05, 0) is 46.1 Å². The number of hydrogen-bond donors (Lipinski definition) is 2. The summed E-state index contributed by atoms with van der Waals surface area (Å²) in [5.41, 5.74) is 0. The standard InChI is InChI=1S/C12H17BrN2O2S/c13-10-3-5-18-11(10)6-14-12(17)15-4-1-2-9(7-15)8-16/h3,5,9,16H,1-2,4,6-8H2,(H,14,17). The van der Waals surface area contributed by atoms with E-state index in [-0.39, 0.29) is 18.6 Å². The van der Waals surface area contributed by atoms with E-state index in [1.807, 2.05) is 11.4 Å². The molecule has 1 aliphatic rings. The SMILES string of the molecule is O=C(NCc1sccc1Br)N1CCCC(CO)C1. The lowest BCUT2D eigenvalue weighted by atomic mass is 9.99. The number of thiophene rings is 1. The lowest BCUT2D eigenvalue weighted by Crippen LogP contribution is -2.45. The van der Waals surface area contributed by atoms with Crippen LogP contribution >= 0.6 is 27.3 Å². The van der Waals surface area contributed by atoms with E-state index >= 15 is 0 Å². The van der Waals surface area contributed by atoms with Crippen LogP contribution in [-0.2, 0) is 6.54 Å². The van der Waals surface area contributed by atoms with Gasteiger partial charge in [0.1, 0.15) is 0 Å². The Morgan fingerprint density at radius 1 is 1.67 bits per heavy atom. The number of aliphatic hydroxyl groups excluding tert-OH is 1. The smallest absolute Gasteiger partial charge is 0.317 e. The van der Waals surface area contributed by atoms with E-state index in [1.165, 1.54) is 0 Å². The van der Waals surface area contributed by atoms with Crippen molar-refractivity contribution in [3.63, 3.8) is 0 Å². The molecule has 2 heterocycles. The fourth-order valence-corrected chi connectivity index (χ4v) is 3.55. The van der Waals surface area contributed by atoms with E-state index in [1.54, 1.807) is 16.2 Å². The maximum atomic E-state index is 12.0. The fourth-order valence-electron chi connectivity index (χ4n) is 2.12. The number of hydrogen-bond acceptors (Lipinski definition) is 3. The Bertz CT molecular complexity index is 411. The zero-order valence-corrected chi connectivity index (χ0v) is 12.5. The predicted molar refractivity (Wildman–Crippen MR) is 75.6 cm³/mol.